The average molecular weight is 354 g/mol. The van der Waals surface area contributed by atoms with Crippen molar-refractivity contribution < 1.29 is 27.9 Å². The SMILES string of the molecule is CC(=O)c1cc(F)c(N2CCC(NC(=O)OC(C)(C)C)C2=O)c(F)c1. The molecule has 2 rings (SSSR count). The normalized spacial score (nSPS) is 17.6. The van der Waals surface area contributed by atoms with Gasteiger partial charge >= 0.3 is 6.09 Å². The van der Waals surface area contributed by atoms with Crippen molar-refractivity contribution in [2.24, 2.45) is 0 Å². The lowest BCUT2D eigenvalue weighted by Crippen LogP contribution is -2.44. The Labute approximate surface area is 144 Å². The van der Waals surface area contributed by atoms with Gasteiger partial charge in [-0.3, -0.25) is 9.59 Å². The topological polar surface area (TPSA) is 75.7 Å². The van der Waals surface area contributed by atoms with Crippen molar-refractivity contribution >= 4 is 23.5 Å². The van der Waals surface area contributed by atoms with E-state index in [-0.39, 0.29) is 18.5 Å². The van der Waals surface area contributed by atoms with E-state index in [1.807, 2.05) is 0 Å². The zero-order chi connectivity index (χ0) is 18.9. The van der Waals surface area contributed by atoms with Crippen LogP contribution in [0, 0.1) is 11.6 Å². The molecule has 136 valence electrons. The maximum atomic E-state index is 14.2. The number of anilines is 1. The Kier molecular flexibility index (Phi) is 5.10. The molecule has 1 aliphatic rings. The van der Waals surface area contributed by atoms with Crippen LogP contribution in [-0.2, 0) is 9.53 Å². The first kappa shape index (κ1) is 18.8. The van der Waals surface area contributed by atoms with Crippen LogP contribution in [0.2, 0.25) is 0 Å². The summed E-state index contributed by atoms with van der Waals surface area (Å²) in [6.45, 7) is 6.26. The third-order valence-corrected chi connectivity index (χ3v) is 3.59. The summed E-state index contributed by atoms with van der Waals surface area (Å²) in [4.78, 5) is 36.3. The number of alkyl carbamates (subject to hydrolysis) is 1. The molecule has 1 aromatic carbocycles. The highest BCUT2D eigenvalue weighted by molar-refractivity contribution is 6.01. The number of halogens is 2. The predicted octanol–water partition coefficient (Wildman–Crippen LogP) is 2.80. The van der Waals surface area contributed by atoms with Crippen LogP contribution in [0.5, 0.6) is 0 Å². The van der Waals surface area contributed by atoms with Gasteiger partial charge in [-0.15, -0.1) is 0 Å². The summed E-state index contributed by atoms with van der Waals surface area (Å²) < 4.78 is 33.5. The van der Waals surface area contributed by atoms with E-state index in [1.54, 1.807) is 20.8 Å². The van der Waals surface area contributed by atoms with Crippen LogP contribution in [0.3, 0.4) is 0 Å². The molecule has 25 heavy (non-hydrogen) atoms. The summed E-state index contributed by atoms with van der Waals surface area (Å²) in [5.74, 6) is -3.13. The quantitative estimate of drug-likeness (QED) is 0.847. The molecule has 0 radical (unpaired) electrons. The van der Waals surface area contributed by atoms with Crippen molar-refractivity contribution in [1.29, 1.82) is 0 Å². The van der Waals surface area contributed by atoms with E-state index >= 15 is 0 Å². The summed E-state index contributed by atoms with van der Waals surface area (Å²) in [6, 6.07) is 0.854. The van der Waals surface area contributed by atoms with Crippen LogP contribution in [0.4, 0.5) is 19.3 Å². The van der Waals surface area contributed by atoms with Gasteiger partial charge in [-0.1, -0.05) is 0 Å². The van der Waals surface area contributed by atoms with Gasteiger partial charge in [0.25, 0.3) is 0 Å². The summed E-state index contributed by atoms with van der Waals surface area (Å²) in [7, 11) is 0. The molecule has 6 nitrogen and oxygen atoms in total. The predicted molar refractivity (Wildman–Crippen MR) is 86.5 cm³/mol. The molecule has 1 aromatic rings. The third-order valence-electron chi connectivity index (χ3n) is 3.59. The fourth-order valence-corrected chi connectivity index (χ4v) is 2.51. The van der Waals surface area contributed by atoms with E-state index in [2.05, 4.69) is 5.32 Å². The van der Waals surface area contributed by atoms with Crippen LogP contribution in [-0.4, -0.2) is 36.0 Å². The molecule has 1 fully saturated rings. The molecule has 0 aliphatic carbocycles. The maximum absolute atomic E-state index is 14.2. The first-order chi connectivity index (χ1) is 11.5. The number of ether oxygens (including phenoxy) is 1. The van der Waals surface area contributed by atoms with Gasteiger partial charge in [-0.25, -0.2) is 13.6 Å². The zero-order valence-corrected chi connectivity index (χ0v) is 14.5. The fraction of sp³-hybridized carbons (Fsp3) is 0.471. The second kappa shape index (κ2) is 6.78. The highest BCUT2D eigenvalue weighted by Crippen LogP contribution is 2.29. The van der Waals surface area contributed by atoms with E-state index in [9.17, 15) is 23.2 Å². The van der Waals surface area contributed by atoms with Gasteiger partial charge in [-0.2, -0.15) is 0 Å². The van der Waals surface area contributed by atoms with Crippen molar-refractivity contribution in [2.75, 3.05) is 11.4 Å². The second-order valence-electron chi connectivity index (χ2n) is 6.82. The molecule has 1 N–H and O–H groups in total. The van der Waals surface area contributed by atoms with Gasteiger partial charge in [0.05, 0.1) is 0 Å². The van der Waals surface area contributed by atoms with Gasteiger partial charge in [0.15, 0.2) is 17.4 Å². The molecule has 2 amide bonds. The maximum Gasteiger partial charge on any atom is 0.408 e. The summed E-state index contributed by atoms with van der Waals surface area (Å²) >= 11 is 0. The summed E-state index contributed by atoms with van der Waals surface area (Å²) in [5, 5.41) is 2.40. The van der Waals surface area contributed by atoms with Crippen molar-refractivity contribution in [3.8, 4) is 0 Å². The van der Waals surface area contributed by atoms with Crippen LogP contribution >= 0.6 is 0 Å². The lowest BCUT2D eigenvalue weighted by atomic mass is 10.1. The number of ketones is 1. The standard InChI is InChI=1S/C17H20F2N2O4/c1-9(22)10-7-11(18)14(12(19)8-10)21-6-5-13(15(21)23)20-16(24)25-17(2,3)4/h7-8,13H,5-6H2,1-4H3,(H,20,24). The van der Waals surface area contributed by atoms with Gasteiger partial charge in [0, 0.05) is 12.1 Å². The molecule has 8 heteroatoms. The van der Waals surface area contributed by atoms with E-state index in [0.29, 0.717) is 0 Å². The Balaban J connectivity index is 2.17. The molecular weight excluding hydrogens is 334 g/mol. The minimum Gasteiger partial charge on any atom is -0.444 e. The van der Waals surface area contributed by atoms with E-state index < -0.39 is 46.7 Å². The first-order valence-corrected chi connectivity index (χ1v) is 7.80. The zero-order valence-electron chi connectivity index (χ0n) is 14.5. The Morgan fingerprint density at radius 1 is 1.24 bits per heavy atom. The molecule has 1 aliphatic heterocycles. The van der Waals surface area contributed by atoms with Crippen LogP contribution in [0.1, 0.15) is 44.5 Å². The fourth-order valence-electron chi connectivity index (χ4n) is 2.51. The van der Waals surface area contributed by atoms with E-state index in [4.69, 9.17) is 4.74 Å². The largest absolute Gasteiger partial charge is 0.444 e. The number of hydrogen-bond donors (Lipinski definition) is 1. The van der Waals surface area contributed by atoms with Crippen LogP contribution < -0.4 is 10.2 Å². The van der Waals surface area contributed by atoms with Gasteiger partial charge < -0.3 is 15.0 Å². The summed E-state index contributed by atoms with van der Waals surface area (Å²) in [6.07, 6.45) is -0.591. The Hall–Kier alpha value is -2.51. The minimum absolute atomic E-state index is 0.0343. The molecule has 1 unspecified atom stereocenters. The van der Waals surface area contributed by atoms with E-state index in [0.717, 1.165) is 17.0 Å². The first-order valence-electron chi connectivity index (χ1n) is 7.80. The van der Waals surface area contributed by atoms with Gasteiger partial charge in [-0.05, 0) is 46.2 Å². The van der Waals surface area contributed by atoms with Gasteiger partial charge in [0.1, 0.15) is 17.3 Å². The molecule has 1 saturated heterocycles. The number of rotatable bonds is 3. The number of Topliss-reactive ketones (excluding diaryl/α,β-unsaturated/α-hetero) is 1. The molecule has 0 spiro atoms. The Morgan fingerprint density at radius 3 is 2.28 bits per heavy atom. The number of hydrogen-bond acceptors (Lipinski definition) is 4. The minimum atomic E-state index is -1.00. The number of nitrogens with one attached hydrogen (secondary N) is 1. The monoisotopic (exact) mass is 354 g/mol. The van der Waals surface area contributed by atoms with Crippen LogP contribution in [0.25, 0.3) is 0 Å². The smallest absolute Gasteiger partial charge is 0.408 e. The molecule has 0 saturated carbocycles. The van der Waals surface area contributed by atoms with Gasteiger partial charge in [0.2, 0.25) is 5.91 Å². The second-order valence-corrected chi connectivity index (χ2v) is 6.82. The number of carbonyl (C=O) groups is 3. The van der Waals surface area contributed by atoms with Crippen LogP contribution in [0.15, 0.2) is 12.1 Å². The van der Waals surface area contributed by atoms with Crippen molar-refractivity contribution in [1.82, 2.24) is 5.32 Å². The summed E-state index contributed by atoms with van der Waals surface area (Å²) in [5.41, 5.74) is -1.37. The molecule has 1 atom stereocenters. The van der Waals surface area contributed by atoms with Crippen molar-refractivity contribution in [3.05, 3.63) is 29.3 Å². The van der Waals surface area contributed by atoms with Crippen molar-refractivity contribution in [3.63, 3.8) is 0 Å². The lowest BCUT2D eigenvalue weighted by molar-refractivity contribution is -0.118. The number of nitrogens with zero attached hydrogens (tertiary/aromatic N) is 1. The Morgan fingerprint density at radius 2 is 1.80 bits per heavy atom. The molecular formula is C17H20F2N2O4. The highest BCUT2D eigenvalue weighted by Gasteiger charge is 2.37. The number of carbonyl (C=O) groups excluding carboxylic acids is 3. The lowest BCUT2D eigenvalue weighted by Gasteiger charge is -2.22. The molecule has 1 heterocycles. The van der Waals surface area contributed by atoms with Crippen molar-refractivity contribution in [2.45, 2.75) is 45.8 Å². The third kappa shape index (κ3) is 4.32. The number of amides is 2. The average Bonchev–Trinajstić information content (AvgIpc) is 2.77. The van der Waals surface area contributed by atoms with E-state index in [1.165, 1.54) is 6.92 Å². The highest BCUT2D eigenvalue weighted by atomic mass is 19.1. The molecule has 0 bridgehead atoms. The Bertz CT molecular complexity index is 705. The molecule has 0 aromatic heterocycles. The number of benzene rings is 1.